The lowest BCUT2D eigenvalue weighted by Crippen LogP contribution is -2.15. The Morgan fingerprint density at radius 1 is 1.38 bits per heavy atom. The van der Waals surface area contributed by atoms with Gasteiger partial charge in [0.15, 0.2) is 5.82 Å². The molecule has 2 rings (SSSR count). The fourth-order valence-electron chi connectivity index (χ4n) is 1.63. The summed E-state index contributed by atoms with van der Waals surface area (Å²) in [5, 5.41) is 12.5. The Morgan fingerprint density at radius 3 is 2.62 bits per heavy atom. The molecule has 112 valence electrons. The summed E-state index contributed by atoms with van der Waals surface area (Å²) < 4.78 is 36.5. The van der Waals surface area contributed by atoms with E-state index in [0.717, 1.165) is 6.07 Å². The number of sulfonamides is 1. The van der Waals surface area contributed by atoms with Crippen LogP contribution < -0.4 is 9.46 Å². The Balaban J connectivity index is 2.47. The molecule has 0 saturated carbocycles. The Labute approximate surface area is 120 Å². The van der Waals surface area contributed by atoms with E-state index in [1.807, 2.05) is 0 Å². The van der Waals surface area contributed by atoms with Crippen LogP contribution in [-0.4, -0.2) is 31.8 Å². The van der Waals surface area contributed by atoms with E-state index < -0.39 is 16.0 Å². The molecule has 21 heavy (non-hydrogen) atoms. The molecular formula is C12H12N2O6S. The second kappa shape index (κ2) is 5.44. The van der Waals surface area contributed by atoms with Gasteiger partial charge in [-0.15, -0.1) is 0 Å². The van der Waals surface area contributed by atoms with Crippen molar-refractivity contribution in [3.05, 3.63) is 35.6 Å². The third kappa shape index (κ3) is 3.14. The lowest BCUT2D eigenvalue weighted by molar-refractivity contribution is 0.0696. The number of hydrogen-bond donors (Lipinski definition) is 2. The summed E-state index contributed by atoms with van der Waals surface area (Å²) in [5.74, 6) is -0.798. The van der Waals surface area contributed by atoms with Crippen molar-refractivity contribution in [1.29, 1.82) is 0 Å². The van der Waals surface area contributed by atoms with Crippen molar-refractivity contribution in [3.8, 4) is 5.75 Å². The van der Waals surface area contributed by atoms with E-state index in [-0.39, 0.29) is 22.0 Å². The Bertz CT molecular complexity index is 781. The van der Waals surface area contributed by atoms with Crippen LogP contribution in [0.3, 0.4) is 0 Å². The van der Waals surface area contributed by atoms with Crippen molar-refractivity contribution in [1.82, 2.24) is 5.16 Å². The van der Waals surface area contributed by atoms with E-state index in [4.69, 9.17) is 14.4 Å². The first kappa shape index (κ1) is 14.9. The molecule has 0 aliphatic rings. The standard InChI is InChI=1S/C12H12N2O6S/c1-7-5-11(13-20-7)14-21(17,18)10-6-8(12(15)16)3-4-9(10)19-2/h3-6H,1-2H3,(H,13,14)(H,15,16). The number of nitrogens with one attached hydrogen (secondary N) is 1. The average molecular weight is 312 g/mol. The summed E-state index contributed by atoms with van der Waals surface area (Å²) in [7, 11) is -2.77. The van der Waals surface area contributed by atoms with Crippen LogP contribution in [0.25, 0.3) is 0 Å². The fourth-order valence-corrected chi connectivity index (χ4v) is 2.81. The van der Waals surface area contributed by atoms with Crippen LogP contribution >= 0.6 is 0 Å². The molecule has 9 heteroatoms. The van der Waals surface area contributed by atoms with Gasteiger partial charge in [0.2, 0.25) is 0 Å². The SMILES string of the molecule is COc1ccc(C(=O)O)cc1S(=O)(=O)Nc1cc(C)on1. The highest BCUT2D eigenvalue weighted by Crippen LogP contribution is 2.26. The maximum atomic E-state index is 12.3. The molecule has 0 radical (unpaired) electrons. The summed E-state index contributed by atoms with van der Waals surface area (Å²) in [5.41, 5.74) is -0.174. The summed E-state index contributed by atoms with van der Waals surface area (Å²) in [6, 6.07) is 4.92. The fraction of sp³-hybridized carbons (Fsp3) is 0.167. The van der Waals surface area contributed by atoms with E-state index in [2.05, 4.69) is 9.88 Å². The smallest absolute Gasteiger partial charge is 0.335 e. The van der Waals surface area contributed by atoms with Gasteiger partial charge in [0, 0.05) is 6.07 Å². The monoisotopic (exact) mass is 312 g/mol. The van der Waals surface area contributed by atoms with Crippen LogP contribution in [-0.2, 0) is 10.0 Å². The lowest BCUT2D eigenvalue weighted by Gasteiger charge is -2.10. The predicted octanol–water partition coefficient (Wildman–Crippen LogP) is 1.49. The highest BCUT2D eigenvalue weighted by atomic mass is 32.2. The topological polar surface area (TPSA) is 119 Å². The van der Waals surface area contributed by atoms with Crippen LogP contribution in [0.5, 0.6) is 5.75 Å². The minimum Gasteiger partial charge on any atom is -0.495 e. The van der Waals surface area contributed by atoms with Gasteiger partial charge < -0.3 is 14.4 Å². The number of carboxylic acids is 1. The number of aromatic carboxylic acids is 1. The zero-order valence-electron chi connectivity index (χ0n) is 11.2. The van der Waals surface area contributed by atoms with Gasteiger partial charge in [0.25, 0.3) is 10.0 Å². The van der Waals surface area contributed by atoms with Gasteiger partial charge in [-0.1, -0.05) is 5.16 Å². The Hall–Kier alpha value is -2.55. The van der Waals surface area contributed by atoms with Gasteiger partial charge in [-0.05, 0) is 25.1 Å². The van der Waals surface area contributed by atoms with E-state index in [1.165, 1.54) is 25.3 Å². The number of ether oxygens (including phenoxy) is 1. The quantitative estimate of drug-likeness (QED) is 0.858. The second-order valence-electron chi connectivity index (χ2n) is 4.10. The number of carbonyl (C=O) groups is 1. The first-order valence-corrected chi connectivity index (χ1v) is 7.19. The van der Waals surface area contributed by atoms with E-state index in [0.29, 0.717) is 5.76 Å². The lowest BCUT2D eigenvalue weighted by atomic mass is 10.2. The number of hydrogen-bond acceptors (Lipinski definition) is 6. The number of aryl methyl sites for hydroxylation is 1. The van der Waals surface area contributed by atoms with Crippen molar-refractivity contribution in [2.75, 3.05) is 11.8 Å². The summed E-state index contributed by atoms with van der Waals surface area (Å²) in [4.78, 5) is 10.7. The molecule has 0 unspecified atom stereocenters. The van der Waals surface area contributed by atoms with Crippen molar-refractivity contribution in [2.24, 2.45) is 0 Å². The zero-order chi connectivity index (χ0) is 15.6. The molecule has 0 amide bonds. The van der Waals surface area contributed by atoms with E-state index in [1.54, 1.807) is 6.92 Å². The first-order valence-electron chi connectivity index (χ1n) is 5.71. The zero-order valence-corrected chi connectivity index (χ0v) is 12.0. The molecule has 1 aromatic carbocycles. The summed E-state index contributed by atoms with van der Waals surface area (Å²) >= 11 is 0. The molecule has 0 aliphatic heterocycles. The molecule has 1 aromatic heterocycles. The van der Waals surface area contributed by atoms with Gasteiger partial charge in [0.1, 0.15) is 16.4 Å². The number of anilines is 1. The third-order valence-electron chi connectivity index (χ3n) is 2.57. The minimum absolute atomic E-state index is 0.00437. The molecule has 0 bridgehead atoms. The number of benzene rings is 1. The van der Waals surface area contributed by atoms with Gasteiger partial charge in [-0.2, -0.15) is 0 Å². The average Bonchev–Trinajstić information content (AvgIpc) is 2.82. The number of rotatable bonds is 5. The largest absolute Gasteiger partial charge is 0.495 e. The van der Waals surface area contributed by atoms with E-state index >= 15 is 0 Å². The predicted molar refractivity (Wildman–Crippen MR) is 72.0 cm³/mol. The molecule has 0 saturated heterocycles. The molecule has 2 N–H and O–H groups in total. The van der Waals surface area contributed by atoms with Gasteiger partial charge in [0.05, 0.1) is 12.7 Å². The second-order valence-corrected chi connectivity index (χ2v) is 5.75. The maximum absolute atomic E-state index is 12.3. The molecule has 1 heterocycles. The number of methoxy groups -OCH3 is 1. The van der Waals surface area contributed by atoms with Crippen molar-refractivity contribution in [3.63, 3.8) is 0 Å². The minimum atomic E-state index is -4.06. The van der Waals surface area contributed by atoms with Crippen molar-refractivity contribution in [2.45, 2.75) is 11.8 Å². The molecule has 0 spiro atoms. The Morgan fingerprint density at radius 2 is 2.10 bits per heavy atom. The summed E-state index contributed by atoms with van der Waals surface area (Å²) in [6.45, 7) is 1.61. The highest BCUT2D eigenvalue weighted by Gasteiger charge is 2.22. The highest BCUT2D eigenvalue weighted by molar-refractivity contribution is 7.92. The molecule has 0 aliphatic carbocycles. The number of carboxylic acid groups (broad SMARTS) is 1. The van der Waals surface area contributed by atoms with Crippen LogP contribution in [0.2, 0.25) is 0 Å². The van der Waals surface area contributed by atoms with E-state index in [9.17, 15) is 13.2 Å². The van der Waals surface area contributed by atoms with Crippen LogP contribution in [0.15, 0.2) is 33.7 Å². The molecular weight excluding hydrogens is 300 g/mol. The molecule has 0 fully saturated rings. The Kier molecular flexibility index (Phi) is 3.85. The molecule has 2 aromatic rings. The normalized spacial score (nSPS) is 11.1. The first-order chi connectivity index (χ1) is 9.83. The van der Waals surface area contributed by atoms with Crippen LogP contribution in [0.4, 0.5) is 5.82 Å². The maximum Gasteiger partial charge on any atom is 0.335 e. The molecule has 8 nitrogen and oxygen atoms in total. The van der Waals surface area contributed by atoms with Crippen molar-refractivity contribution >= 4 is 21.8 Å². The molecule has 0 atom stereocenters. The number of aromatic nitrogens is 1. The number of nitrogens with zero attached hydrogens (tertiary/aromatic N) is 1. The van der Waals surface area contributed by atoms with Crippen LogP contribution in [0, 0.1) is 6.92 Å². The summed E-state index contributed by atoms with van der Waals surface area (Å²) in [6.07, 6.45) is 0. The van der Waals surface area contributed by atoms with Gasteiger partial charge in [-0.3, -0.25) is 4.72 Å². The van der Waals surface area contributed by atoms with Gasteiger partial charge in [-0.25, -0.2) is 13.2 Å². The van der Waals surface area contributed by atoms with Gasteiger partial charge >= 0.3 is 5.97 Å². The van der Waals surface area contributed by atoms with Crippen molar-refractivity contribution < 1.29 is 27.6 Å². The van der Waals surface area contributed by atoms with Crippen LogP contribution in [0.1, 0.15) is 16.1 Å². The third-order valence-corrected chi connectivity index (χ3v) is 3.94.